The average molecular weight is 503 g/mol. The fraction of sp³-hybridized carbons (Fsp3) is 0.214. The standard InChI is InChI=1S/C28H27FN4O4/c1-18(2)26(32-27(34)20-9-11-23(29)12-10-20)28(35)33-31-16-19-8-13-24(25(14-19)36-3)37-17-22-7-5-4-6-21(22)15-30/h4-14,16,18,26H,17H2,1-3H3,(H,32,34)(H,33,35)/b31-16+. The van der Waals surface area contributed by atoms with Gasteiger partial charge in [-0.25, -0.2) is 9.82 Å². The number of hydrogen-bond donors (Lipinski definition) is 2. The molecule has 190 valence electrons. The van der Waals surface area contributed by atoms with Gasteiger partial charge in [0.2, 0.25) is 0 Å². The minimum atomic E-state index is -0.851. The van der Waals surface area contributed by atoms with Crippen LogP contribution in [0.5, 0.6) is 11.5 Å². The number of hydrazone groups is 1. The van der Waals surface area contributed by atoms with Gasteiger partial charge >= 0.3 is 0 Å². The first-order valence-corrected chi connectivity index (χ1v) is 11.5. The Bertz CT molecular complexity index is 1320. The Morgan fingerprint density at radius 3 is 2.49 bits per heavy atom. The number of nitrogens with zero attached hydrogens (tertiary/aromatic N) is 2. The van der Waals surface area contributed by atoms with Gasteiger partial charge in [0, 0.05) is 11.1 Å². The van der Waals surface area contributed by atoms with Gasteiger partial charge in [-0.15, -0.1) is 0 Å². The van der Waals surface area contributed by atoms with E-state index in [1.165, 1.54) is 37.6 Å². The number of halogens is 1. The number of nitriles is 1. The molecule has 1 atom stereocenters. The third-order valence-electron chi connectivity index (χ3n) is 5.44. The van der Waals surface area contributed by atoms with Crippen LogP contribution < -0.4 is 20.2 Å². The second kappa shape index (κ2) is 12.8. The molecule has 0 spiro atoms. The van der Waals surface area contributed by atoms with E-state index in [9.17, 15) is 19.2 Å². The van der Waals surface area contributed by atoms with Crippen LogP contribution in [-0.4, -0.2) is 31.2 Å². The van der Waals surface area contributed by atoms with Crippen LogP contribution in [-0.2, 0) is 11.4 Å². The van der Waals surface area contributed by atoms with E-state index in [-0.39, 0.29) is 18.1 Å². The molecular formula is C28H27FN4O4. The number of methoxy groups -OCH3 is 1. The summed E-state index contributed by atoms with van der Waals surface area (Å²) in [6.45, 7) is 3.78. The van der Waals surface area contributed by atoms with Crippen molar-refractivity contribution in [3.8, 4) is 17.6 Å². The highest BCUT2D eigenvalue weighted by Gasteiger charge is 2.24. The Kier molecular flexibility index (Phi) is 9.33. The number of rotatable bonds is 10. The molecule has 0 radical (unpaired) electrons. The summed E-state index contributed by atoms with van der Waals surface area (Å²) < 4.78 is 24.4. The smallest absolute Gasteiger partial charge is 0.262 e. The summed E-state index contributed by atoms with van der Waals surface area (Å²) in [6.07, 6.45) is 1.44. The largest absolute Gasteiger partial charge is 0.493 e. The lowest BCUT2D eigenvalue weighted by molar-refractivity contribution is -0.123. The number of ether oxygens (including phenoxy) is 2. The van der Waals surface area contributed by atoms with E-state index in [1.807, 2.05) is 12.1 Å². The summed E-state index contributed by atoms with van der Waals surface area (Å²) in [4.78, 5) is 25.1. The van der Waals surface area contributed by atoms with Crippen LogP contribution in [0.2, 0.25) is 0 Å². The highest BCUT2D eigenvalue weighted by Crippen LogP contribution is 2.28. The molecule has 37 heavy (non-hydrogen) atoms. The first-order chi connectivity index (χ1) is 17.8. The Balaban J connectivity index is 1.62. The first-order valence-electron chi connectivity index (χ1n) is 11.5. The maximum Gasteiger partial charge on any atom is 0.262 e. The molecule has 3 aromatic rings. The lowest BCUT2D eigenvalue weighted by Crippen LogP contribution is -2.48. The van der Waals surface area contributed by atoms with Gasteiger partial charge in [0.15, 0.2) is 11.5 Å². The van der Waals surface area contributed by atoms with Crippen LogP contribution in [0.3, 0.4) is 0 Å². The van der Waals surface area contributed by atoms with Crippen molar-refractivity contribution in [2.45, 2.75) is 26.5 Å². The molecule has 1 unspecified atom stereocenters. The van der Waals surface area contributed by atoms with Gasteiger partial charge in [-0.2, -0.15) is 10.4 Å². The van der Waals surface area contributed by atoms with E-state index < -0.39 is 23.7 Å². The topological polar surface area (TPSA) is 113 Å². The minimum absolute atomic E-state index is 0.198. The summed E-state index contributed by atoms with van der Waals surface area (Å²) in [5.41, 5.74) is 4.62. The summed E-state index contributed by atoms with van der Waals surface area (Å²) in [5, 5.41) is 15.9. The monoisotopic (exact) mass is 502 g/mol. The molecule has 3 rings (SSSR count). The van der Waals surface area contributed by atoms with Crippen LogP contribution in [0, 0.1) is 23.1 Å². The maximum atomic E-state index is 13.1. The van der Waals surface area contributed by atoms with Gasteiger partial charge in [-0.1, -0.05) is 32.0 Å². The predicted molar refractivity (Wildman–Crippen MR) is 137 cm³/mol. The minimum Gasteiger partial charge on any atom is -0.493 e. The molecule has 0 aliphatic heterocycles. The molecule has 0 aliphatic rings. The van der Waals surface area contributed by atoms with Gasteiger partial charge in [-0.3, -0.25) is 9.59 Å². The van der Waals surface area contributed by atoms with E-state index in [4.69, 9.17) is 9.47 Å². The highest BCUT2D eigenvalue weighted by atomic mass is 19.1. The lowest BCUT2D eigenvalue weighted by Gasteiger charge is -2.20. The number of nitrogens with one attached hydrogen (secondary N) is 2. The zero-order valence-corrected chi connectivity index (χ0v) is 20.7. The molecular weight excluding hydrogens is 475 g/mol. The van der Waals surface area contributed by atoms with E-state index in [0.29, 0.717) is 22.6 Å². The molecule has 9 heteroatoms. The molecule has 0 saturated heterocycles. The van der Waals surface area contributed by atoms with E-state index in [0.717, 1.165) is 5.56 Å². The molecule has 2 N–H and O–H groups in total. The molecule has 0 aromatic heterocycles. The van der Waals surface area contributed by atoms with Crippen molar-refractivity contribution in [2.75, 3.05) is 7.11 Å². The van der Waals surface area contributed by atoms with E-state index in [2.05, 4.69) is 21.9 Å². The maximum absolute atomic E-state index is 13.1. The van der Waals surface area contributed by atoms with Gasteiger partial charge < -0.3 is 14.8 Å². The number of amides is 2. The second-order valence-corrected chi connectivity index (χ2v) is 8.40. The van der Waals surface area contributed by atoms with Gasteiger partial charge in [0.05, 0.1) is 25.0 Å². The second-order valence-electron chi connectivity index (χ2n) is 8.40. The van der Waals surface area contributed by atoms with Crippen molar-refractivity contribution >= 4 is 18.0 Å². The van der Waals surface area contributed by atoms with Gasteiger partial charge in [0.1, 0.15) is 18.5 Å². The van der Waals surface area contributed by atoms with Crippen LogP contribution in [0.15, 0.2) is 71.8 Å². The Labute approximate surface area is 214 Å². The van der Waals surface area contributed by atoms with Crippen molar-refractivity contribution in [1.82, 2.24) is 10.7 Å². The predicted octanol–water partition coefficient (Wildman–Crippen LogP) is 4.19. The fourth-order valence-corrected chi connectivity index (χ4v) is 3.40. The van der Waals surface area contributed by atoms with Crippen molar-refractivity contribution < 1.29 is 23.5 Å². The number of carbonyl (C=O) groups is 2. The summed E-state index contributed by atoms with van der Waals surface area (Å²) in [6, 6.07) is 18.6. The summed E-state index contributed by atoms with van der Waals surface area (Å²) >= 11 is 0. The molecule has 0 saturated carbocycles. The van der Waals surface area contributed by atoms with E-state index in [1.54, 1.807) is 44.2 Å². The SMILES string of the molecule is COc1cc(/C=N/NC(=O)C(NC(=O)c2ccc(F)cc2)C(C)C)ccc1OCc1ccccc1C#N. The fourth-order valence-electron chi connectivity index (χ4n) is 3.40. The van der Waals surface area contributed by atoms with E-state index >= 15 is 0 Å². The van der Waals surface area contributed by atoms with Crippen LogP contribution in [0.25, 0.3) is 0 Å². The van der Waals surface area contributed by atoms with Crippen molar-refractivity contribution in [3.05, 3.63) is 94.8 Å². The normalized spacial score (nSPS) is 11.6. The molecule has 0 fully saturated rings. The molecule has 3 aromatic carbocycles. The Hall–Kier alpha value is -4.71. The Morgan fingerprint density at radius 2 is 1.81 bits per heavy atom. The van der Waals surface area contributed by atoms with Crippen molar-refractivity contribution in [2.24, 2.45) is 11.0 Å². The van der Waals surface area contributed by atoms with Gasteiger partial charge in [-0.05, 0) is 60.0 Å². The third-order valence-corrected chi connectivity index (χ3v) is 5.44. The third kappa shape index (κ3) is 7.39. The number of carbonyl (C=O) groups excluding carboxylic acids is 2. The highest BCUT2D eigenvalue weighted by molar-refractivity contribution is 5.97. The molecule has 0 aliphatic carbocycles. The quantitative estimate of drug-likeness (QED) is 0.319. The van der Waals surface area contributed by atoms with Crippen LogP contribution in [0.1, 0.15) is 40.9 Å². The molecule has 0 bridgehead atoms. The van der Waals surface area contributed by atoms with Crippen molar-refractivity contribution in [3.63, 3.8) is 0 Å². The summed E-state index contributed by atoms with van der Waals surface area (Å²) in [5.74, 6) is -0.719. The lowest BCUT2D eigenvalue weighted by atomic mass is 10.0. The van der Waals surface area contributed by atoms with Gasteiger partial charge in [0.25, 0.3) is 11.8 Å². The zero-order valence-electron chi connectivity index (χ0n) is 20.7. The number of benzene rings is 3. The first kappa shape index (κ1) is 26.9. The molecule has 0 heterocycles. The average Bonchev–Trinajstić information content (AvgIpc) is 2.90. The van der Waals surface area contributed by atoms with Crippen LogP contribution in [0.4, 0.5) is 4.39 Å². The van der Waals surface area contributed by atoms with Crippen LogP contribution >= 0.6 is 0 Å². The Morgan fingerprint density at radius 1 is 1.08 bits per heavy atom. The zero-order chi connectivity index (χ0) is 26.8. The molecule has 8 nitrogen and oxygen atoms in total. The summed E-state index contributed by atoms with van der Waals surface area (Å²) in [7, 11) is 1.51. The van der Waals surface area contributed by atoms with Crippen molar-refractivity contribution in [1.29, 1.82) is 5.26 Å². The molecule has 2 amide bonds. The number of hydrogen-bond acceptors (Lipinski definition) is 6.